The fourth-order valence-electron chi connectivity index (χ4n) is 4.54. The summed E-state index contributed by atoms with van der Waals surface area (Å²) in [6.45, 7) is 4.25. The van der Waals surface area contributed by atoms with Crippen LogP contribution in [0.25, 0.3) is 0 Å². The Bertz CT molecular complexity index is 733. The summed E-state index contributed by atoms with van der Waals surface area (Å²) in [5, 5.41) is 0. The predicted molar refractivity (Wildman–Crippen MR) is 114 cm³/mol. The molecular weight excluding hydrogens is 369 g/mol. The molecule has 1 saturated carbocycles. The Labute approximate surface area is 169 Å². The van der Waals surface area contributed by atoms with Crippen LogP contribution < -0.4 is 0 Å². The average molecular weight is 404 g/mol. The van der Waals surface area contributed by atoms with Crippen molar-refractivity contribution < 1.29 is 13.9 Å². The molecule has 5 atom stereocenters. The van der Waals surface area contributed by atoms with Crippen LogP contribution >= 0.6 is 7.52 Å². The van der Waals surface area contributed by atoms with E-state index < -0.39 is 7.52 Å². The van der Waals surface area contributed by atoms with Gasteiger partial charge in [-0.25, -0.2) is 4.67 Å². The van der Waals surface area contributed by atoms with Gasteiger partial charge in [0.05, 0.1) is 0 Å². The van der Waals surface area contributed by atoms with Gasteiger partial charge in [-0.1, -0.05) is 62.6 Å². The highest BCUT2D eigenvalue weighted by Crippen LogP contribution is 2.63. The number of hydrogen-bond donors (Lipinski definition) is 0. The number of Topliss-reactive ketones (excluding diaryl/α,β-unsaturated/α-hetero) is 1. The van der Waals surface area contributed by atoms with Crippen molar-refractivity contribution in [2.24, 2.45) is 11.8 Å². The van der Waals surface area contributed by atoms with E-state index in [0.29, 0.717) is 18.1 Å². The fourth-order valence-corrected chi connectivity index (χ4v) is 6.61. The molecule has 1 aliphatic carbocycles. The van der Waals surface area contributed by atoms with E-state index in [2.05, 4.69) is 13.8 Å². The lowest BCUT2D eigenvalue weighted by molar-refractivity contribution is -0.121. The molecule has 4 nitrogen and oxygen atoms in total. The fraction of sp³-hybridized carbons (Fsp3) is 0.609. The molecule has 2 aliphatic rings. The van der Waals surface area contributed by atoms with E-state index in [1.165, 1.54) is 12.8 Å². The summed E-state index contributed by atoms with van der Waals surface area (Å²) in [4.78, 5) is 12.2. The van der Waals surface area contributed by atoms with Crippen LogP contribution in [0, 0.1) is 11.8 Å². The zero-order valence-electron chi connectivity index (χ0n) is 17.4. The molecule has 0 aromatic heterocycles. The maximum absolute atomic E-state index is 13.4. The summed E-state index contributed by atoms with van der Waals surface area (Å²) in [5.41, 5.74) is 1.06. The highest BCUT2D eigenvalue weighted by Gasteiger charge is 2.45. The third-order valence-corrected chi connectivity index (χ3v) is 8.82. The Morgan fingerprint density at radius 3 is 2.71 bits per heavy atom. The number of ketones is 1. The molecule has 3 rings (SSSR count). The van der Waals surface area contributed by atoms with Crippen molar-refractivity contribution in [3.63, 3.8) is 0 Å². The zero-order chi connectivity index (χ0) is 20.1. The highest BCUT2D eigenvalue weighted by molar-refractivity contribution is 7.60. The summed E-state index contributed by atoms with van der Waals surface area (Å²) in [7, 11) is -1.11. The number of unbranched alkanes of at least 4 members (excludes halogenated alkanes) is 2. The smallest absolute Gasteiger partial charge is 0.295 e. The third-order valence-electron chi connectivity index (χ3n) is 6.46. The molecule has 0 amide bonds. The van der Waals surface area contributed by atoms with E-state index in [9.17, 15) is 9.36 Å². The molecule has 1 aromatic rings. The first-order chi connectivity index (χ1) is 13.5. The molecule has 154 valence electrons. The zero-order valence-corrected chi connectivity index (χ0v) is 18.3. The van der Waals surface area contributed by atoms with Crippen LogP contribution in [0.5, 0.6) is 0 Å². The van der Waals surface area contributed by atoms with Crippen molar-refractivity contribution in [1.82, 2.24) is 4.67 Å². The van der Waals surface area contributed by atoms with Crippen LogP contribution in [0.3, 0.4) is 0 Å². The second kappa shape index (κ2) is 9.52. The lowest BCUT2D eigenvalue weighted by Crippen LogP contribution is -2.23. The summed E-state index contributed by atoms with van der Waals surface area (Å²) < 4.78 is 21.4. The van der Waals surface area contributed by atoms with Gasteiger partial charge >= 0.3 is 0 Å². The number of carbonyl (C=O) groups excluding carboxylic acids is 1. The number of hydrogen-bond acceptors (Lipinski definition) is 3. The standard InChI is InChI=1S/C23H34NO3P/c1-4-5-7-14-21-19(15-16-22(21)25)13-10-17-28(26)24(3)18(2)23(27-28)20-11-8-6-9-12-20/h6,8-12,17-19,21,23H,4-5,7,13-16H2,1-3H3/b17-10+/t18-,19-,21+,23-,28?/m0/s1. The summed E-state index contributed by atoms with van der Waals surface area (Å²) >= 11 is 0. The van der Waals surface area contributed by atoms with Gasteiger partial charge in [0.25, 0.3) is 7.52 Å². The maximum atomic E-state index is 13.4. The van der Waals surface area contributed by atoms with E-state index in [1.807, 2.05) is 48.1 Å². The van der Waals surface area contributed by atoms with Gasteiger partial charge in [-0.15, -0.1) is 0 Å². The van der Waals surface area contributed by atoms with Crippen molar-refractivity contribution in [1.29, 1.82) is 0 Å². The van der Waals surface area contributed by atoms with Gasteiger partial charge in [-0.05, 0) is 44.7 Å². The molecule has 0 radical (unpaired) electrons. The molecule has 0 spiro atoms. The Hall–Kier alpha value is -1.22. The molecule has 0 N–H and O–H groups in total. The number of nitrogens with zero attached hydrogens (tertiary/aromatic N) is 1. The minimum atomic E-state index is -2.99. The molecule has 1 heterocycles. The van der Waals surface area contributed by atoms with Gasteiger partial charge < -0.3 is 4.52 Å². The number of rotatable bonds is 8. The minimum absolute atomic E-state index is 0.0488. The van der Waals surface area contributed by atoms with Crippen molar-refractivity contribution in [3.05, 3.63) is 47.8 Å². The van der Waals surface area contributed by atoms with Crippen LogP contribution in [0.15, 0.2) is 42.2 Å². The molecule has 5 heteroatoms. The van der Waals surface area contributed by atoms with Crippen molar-refractivity contribution in [3.8, 4) is 0 Å². The second-order valence-electron chi connectivity index (χ2n) is 8.30. The van der Waals surface area contributed by atoms with E-state index in [1.54, 1.807) is 5.82 Å². The highest BCUT2D eigenvalue weighted by atomic mass is 31.2. The Balaban J connectivity index is 1.63. The van der Waals surface area contributed by atoms with E-state index >= 15 is 0 Å². The van der Waals surface area contributed by atoms with Gasteiger partial charge in [0.1, 0.15) is 11.9 Å². The largest absolute Gasteiger partial charge is 0.305 e. The van der Waals surface area contributed by atoms with Crippen LogP contribution in [0.4, 0.5) is 0 Å². The van der Waals surface area contributed by atoms with Crippen LogP contribution in [-0.2, 0) is 13.9 Å². The van der Waals surface area contributed by atoms with Crippen LogP contribution in [0.2, 0.25) is 0 Å². The molecular formula is C23H34NO3P. The first kappa shape index (κ1) is 21.5. The average Bonchev–Trinajstić information content (AvgIpc) is 3.16. The summed E-state index contributed by atoms with van der Waals surface area (Å²) in [6, 6.07) is 10.1. The quantitative estimate of drug-likeness (QED) is 0.375. The van der Waals surface area contributed by atoms with Crippen molar-refractivity contribution in [2.45, 2.75) is 70.9 Å². The lowest BCUT2D eigenvalue weighted by Gasteiger charge is -2.19. The van der Waals surface area contributed by atoms with Gasteiger partial charge in [-0.2, -0.15) is 0 Å². The van der Waals surface area contributed by atoms with E-state index in [4.69, 9.17) is 4.52 Å². The SMILES string of the molecule is CCCCC[C@H]1C(=O)CC[C@@H]1C/C=C/P1(=O)O[C@H](c2ccccc2)[C@H](C)N1C. The first-order valence-corrected chi connectivity index (χ1v) is 12.4. The third kappa shape index (κ3) is 4.67. The molecule has 1 aliphatic heterocycles. The van der Waals surface area contributed by atoms with Crippen LogP contribution in [0.1, 0.15) is 70.5 Å². The maximum Gasteiger partial charge on any atom is 0.295 e. The molecule has 0 bridgehead atoms. The van der Waals surface area contributed by atoms with Crippen molar-refractivity contribution >= 4 is 13.3 Å². The molecule has 1 unspecified atom stereocenters. The molecule has 1 saturated heterocycles. The normalized spacial score (nSPS) is 33.9. The lowest BCUT2D eigenvalue weighted by atomic mass is 9.88. The number of likely N-dealkylation sites (N-methyl/N-ethyl adjacent to an activating group) is 1. The monoisotopic (exact) mass is 403 g/mol. The predicted octanol–water partition coefficient (Wildman–Crippen LogP) is 6.35. The van der Waals surface area contributed by atoms with Crippen molar-refractivity contribution in [2.75, 3.05) is 7.05 Å². The molecule has 28 heavy (non-hydrogen) atoms. The Morgan fingerprint density at radius 2 is 2.00 bits per heavy atom. The molecule has 2 fully saturated rings. The van der Waals surface area contributed by atoms with Gasteiger partial charge in [0.15, 0.2) is 0 Å². The number of allylic oxidation sites excluding steroid dienone is 1. The van der Waals surface area contributed by atoms with E-state index in [-0.39, 0.29) is 18.1 Å². The number of carbonyl (C=O) groups is 1. The minimum Gasteiger partial charge on any atom is -0.305 e. The Morgan fingerprint density at radius 1 is 1.25 bits per heavy atom. The Kier molecular flexibility index (Phi) is 7.31. The first-order valence-electron chi connectivity index (χ1n) is 10.7. The topological polar surface area (TPSA) is 46.6 Å². The molecule has 1 aromatic carbocycles. The van der Waals surface area contributed by atoms with Gasteiger partial charge in [0.2, 0.25) is 0 Å². The van der Waals surface area contributed by atoms with Crippen LogP contribution in [-0.4, -0.2) is 23.5 Å². The summed E-state index contributed by atoms with van der Waals surface area (Å²) in [5.74, 6) is 2.78. The number of benzene rings is 1. The summed E-state index contributed by atoms with van der Waals surface area (Å²) in [6.07, 6.45) is 8.82. The van der Waals surface area contributed by atoms with Gasteiger partial charge in [0, 0.05) is 24.2 Å². The van der Waals surface area contributed by atoms with Gasteiger partial charge in [-0.3, -0.25) is 9.36 Å². The van der Waals surface area contributed by atoms with E-state index in [0.717, 1.165) is 31.2 Å². The second-order valence-corrected chi connectivity index (χ2v) is 10.6.